The normalized spacial score (nSPS) is 39.8. The van der Waals surface area contributed by atoms with Crippen LogP contribution in [0.4, 0.5) is 0 Å². The van der Waals surface area contributed by atoms with Crippen LogP contribution in [0.15, 0.2) is 0 Å². The smallest absolute Gasteiger partial charge is 0.0784 e. The number of rotatable bonds is 2. The van der Waals surface area contributed by atoms with Gasteiger partial charge >= 0.3 is 0 Å². The van der Waals surface area contributed by atoms with Gasteiger partial charge in [0, 0.05) is 12.1 Å². The number of nitrogens with zero attached hydrogens (tertiary/aromatic N) is 1. The lowest BCUT2D eigenvalue weighted by atomic mass is 9.46. The Morgan fingerprint density at radius 2 is 1.84 bits per heavy atom. The standard InChI is InChI=1S/C16H28BNS/c1-10(2)12-6-8-14-13(16(12,5)17)7-9-15(19)18(14)11(3)4/h10-14H,6-9H2,1-5H3. The fraction of sp³-hybridized carbons (Fsp3) is 0.938. The maximum Gasteiger partial charge on any atom is 0.0784 e. The molecule has 1 aliphatic heterocycles. The Hall–Kier alpha value is -0.0451. The van der Waals surface area contributed by atoms with Gasteiger partial charge in [0.15, 0.2) is 0 Å². The lowest BCUT2D eigenvalue weighted by Gasteiger charge is -2.58. The summed E-state index contributed by atoms with van der Waals surface area (Å²) < 4.78 is 0. The van der Waals surface area contributed by atoms with Crippen LogP contribution in [0.5, 0.6) is 0 Å². The molecule has 0 aromatic rings. The van der Waals surface area contributed by atoms with Gasteiger partial charge in [0.05, 0.1) is 12.8 Å². The lowest BCUT2D eigenvalue weighted by molar-refractivity contribution is 0.0395. The molecule has 2 rings (SSSR count). The average Bonchev–Trinajstić information content (AvgIpc) is 2.26. The van der Waals surface area contributed by atoms with E-state index in [0.717, 1.165) is 11.4 Å². The highest BCUT2D eigenvalue weighted by atomic mass is 32.1. The zero-order chi connectivity index (χ0) is 14.4. The van der Waals surface area contributed by atoms with Crippen LogP contribution < -0.4 is 0 Å². The number of piperidine rings is 1. The molecule has 0 bridgehead atoms. The second-order valence-electron chi connectivity index (χ2n) is 7.40. The van der Waals surface area contributed by atoms with Crippen molar-refractivity contribution < 1.29 is 0 Å². The number of hydrogen-bond donors (Lipinski definition) is 0. The number of thiocarbonyl (C=S) groups is 1. The Morgan fingerprint density at radius 3 is 2.37 bits per heavy atom. The highest BCUT2D eigenvalue weighted by Crippen LogP contribution is 2.56. The van der Waals surface area contributed by atoms with E-state index in [9.17, 15) is 0 Å². The topological polar surface area (TPSA) is 3.24 Å². The van der Waals surface area contributed by atoms with E-state index in [2.05, 4.69) is 39.5 Å². The minimum atomic E-state index is -0.0414. The van der Waals surface area contributed by atoms with Crippen LogP contribution in [0, 0.1) is 17.8 Å². The van der Waals surface area contributed by atoms with E-state index < -0.39 is 0 Å². The molecule has 1 nitrogen and oxygen atoms in total. The molecule has 1 saturated heterocycles. The third kappa shape index (κ3) is 2.60. The second-order valence-corrected chi connectivity index (χ2v) is 7.87. The number of fused-ring (bicyclic) bond motifs is 1. The van der Waals surface area contributed by atoms with Gasteiger partial charge in [-0.15, -0.1) is 0 Å². The first-order valence-corrected chi connectivity index (χ1v) is 8.27. The first-order chi connectivity index (χ1) is 8.76. The van der Waals surface area contributed by atoms with Crippen LogP contribution in [0.3, 0.4) is 0 Å². The molecule has 0 N–H and O–H groups in total. The maximum absolute atomic E-state index is 6.82. The van der Waals surface area contributed by atoms with E-state index in [-0.39, 0.29) is 5.31 Å². The summed E-state index contributed by atoms with van der Waals surface area (Å²) in [7, 11) is 6.82. The summed E-state index contributed by atoms with van der Waals surface area (Å²) >= 11 is 5.61. The van der Waals surface area contributed by atoms with Gasteiger partial charge in [0.2, 0.25) is 0 Å². The molecule has 3 heteroatoms. The van der Waals surface area contributed by atoms with Crippen LogP contribution in [0.1, 0.15) is 60.3 Å². The first kappa shape index (κ1) is 15.3. The first-order valence-electron chi connectivity index (χ1n) is 7.86. The van der Waals surface area contributed by atoms with Gasteiger partial charge in [0.1, 0.15) is 0 Å². The molecule has 2 fully saturated rings. The van der Waals surface area contributed by atoms with Crippen molar-refractivity contribution in [3.8, 4) is 0 Å². The molecule has 2 aliphatic rings. The summed E-state index contributed by atoms with van der Waals surface area (Å²) in [5.41, 5.74) is 0. The highest BCUT2D eigenvalue weighted by molar-refractivity contribution is 7.80. The van der Waals surface area contributed by atoms with Gasteiger partial charge in [-0.3, -0.25) is 0 Å². The Morgan fingerprint density at radius 1 is 1.21 bits per heavy atom. The largest absolute Gasteiger partial charge is 0.360 e. The summed E-state index contributed by atoms with van der Waals surface area (Å²) in [6, 6.07) is 1.08. The third-order valence-electron chi connectivity index (χ3n) is 5.51. The van der Waals surface area contributed by atoms with Crippen molar-refractivity contribution in [2.75, 3.05) is 0 Å². The summed E-state index contributed by atoms with van der Waals surface area (Å²) in [5.74, 6) is 1.93. The quantitative estimate of drug-likeness (QED) is 0.549. The van der Waals surface area contributed by atoms with Crippen LogP contribution in [0.25, 0.3) is 0 Å². The molecule has 106 valence electrons. The fourth-order valence-corrected chi connectivity index (χ4v) is 5.17. The van der Waals surface area contributed by atoms with E-state index in [1.807, 2.05) is 0 Å². The molecule has 19 heavy (non-hydrogen) atoms. The van der Waals surface area contributed by atoms with Gasteiger partial charge in [-0.2, -0.15) is 0 Å². The van der Waals surface area contributed by atoms with Crippen LogP contribution in [0.2, 0.25) is 5.31 Å². The van der Waals surface area contributed by atoms with Crippen LogP contribution in [-0.4, -0.2) is 29.8 Å². The Kier molecular flexibility index (Phi) is 4.35. The van der Waals surface area contributed by atoms with Gasteiger partial charge in [-0.05, 0) is 57.3 Å². The Labute approximate surface area is 125 Å². The van der Waals surface area contributed by atoms with Crippen molar-refractivity contribution in [3.63, 3.8) is 0 Å². The predicted octanol–water partition coefficient (Wildman–Crippen LogP) is 4.22. The summed E-state index contributed by atoms with van der Waals surface area (Å²) in [5, 5.41) is -0.0414. The summed E-state index contributed by atoms with van der Waals surface area (Å²) in [4.78, 5) is 3.65. The molecule has 1 saturated carbocycles. The number of hydrogen-bond acceptors (Lipinski definition) is 1. The fourth-order valence-electron chi connectivity index (χ4n) is 4.70. The van der Waals surface area contributed by atoms with Crippen molar-refractivity contribution in [1.29, 1.82) is 0 Å². The number of likely N-dealkylation sites (tertiary alicyclic amines) is 1. The molecular formula is C16H28BNS. The molecule has 1 aliphatic carbocycles. The zero-order valence-corrected chi connectivity index (χ0v) is 14.0. The van der Waals surface area contributed by atoms with Crippen molar-refractivity contribution in [2.24, 2.45) is 17.8 Å². The SMILES string of the molecule is [B]C1(C)C(C(C)C)CCC2C1CCC(=S)N2C(C)C. The Balaban J connectivity index is 2.27. The van der Waals surface area contributed by atoms with E-state index in [4.69, 9.17) is 20.1 Å². The molecular weight excluding hydrogens is 249 g/mol. The van der Waals surface area contributed by atoms with Gasteiger partial charge in [-0.1, -0.05) is 38.3 Å². The Bertz CT molecular complexity index is 351. The zero-order valence-electron chi connectivity index (χ0n) is 13.1. The molecule has 1 heterocycles. The third-order valence-corrected chi connectivity index (χ3v) is 5.93. The average molecular weight is 277 g/mol. The van der Waals surface area contributed by atoms with E-state index in [0.29, 0.717) is 29.8 Å². The molecule has 0 aromatic carbocycles. The van der Waals surface area contributed by atoms with Gasteiger partial charge < -0.3 is 4.90 Å². The minimum absolute atomic E-state index is 0.0414. The molecule has 4 atom stereocenters. The lowest BCUT2D eigenvalue weighted by Crippen LogP contribution is -2.57. The molecule has 4 unspecified atom stereocenters. The van der Waals surface area contributed by atoms with Crippen LogP contribution in [-0.2, 0) is 0 Å². The maximum atomic E-state index is 6.82. The molecule has 0 aromatic heterocycles. The van der Waals surface area contributed by atoms with Crippen molar-refractivity contribution >= 4 is 25.1 Å². The van der Waals surface area contributed by atoms with Gasteiger partial charge in [-0.25, -0.2) is 0 Å². The molecule has 2 radical (unpaired) electrons. The summed E-state index contributed by atoms with van der Waals surface area (Å²) in [6.07, 6.45) is 4.74. The highest BCUT2D eigenvalue weighted by Gasteiger charge is 2.49. The van der Waals surface area contributed by atoms with E-state index in [1.54, 1.807) is 0 Å². The molecule has 0 amide bonds. The molecule has 0 spiro atoms. The van der Waals surface area contributed by atoms with E-state index in [1.165, 1.54) is 19.3 Å². The predicted molar refractivity (Wildman–Crippen MR) is 87.8 cm³/mol. The van der Waals surface area contributed by atoms with Crippen LogP contribution >= 0.6 is 12.2 Å². The van der Waals surface area contributed by atoms with E-state index >= 15 is 0 Å². The summed E-state index contributed by atoms with van der Waals surface area (Å²) in [6.45, 7) is 11.5. The minimum Gasteiger partial charge on any atom is -0.360 e. The second kappa shape index (κ2) is 5.39. The van der Waals surface area contributed by atoms with Crippen molar-refractivity contribution in [2.45, 2.75) is 77.7 Å². The van der Waals surface area contributed by atoms with Crippen molar-refractivity contribution in [1.82, 2.24) is 4.90 Å². The van der Waals surface area contributed by atoms with Gasteiger partial charge in [0.25, 0.3) is 0 Å². The van der Waals surface area contributed by atoms with Crippen molar-refractivity contribution in [3.05, 3.63) is 0 Å². The monoisotopic (exact) mass is 277 g/mol.